The molecule has 9 heteroatoms. The molecule has 30 heavy (non-hydrogen) atoms. The Kier molecular flexibility index (Phi) is 9.32. The number of pyridine rings is 1. The lowest BCUT2D eigenvalue weighted by Gasteiger charge is -2.15. The van der Waals surface area contributed by atoms with E-state index < -0.39 is 0 Å². The van der Waals surface area contributed by atoms with Crippen LogP contribution >= 0.6 is 12.6 Å². The maximum absolute atomic E-state index is 11.7. The van der Waals surface area contributed by atoms with Crippen LogP contribution in [-0.4, -0.2) is 39.2 Å². The first-order chi connectivity index (χ1) is 14.2. The Labute approximate surface area is 183 Å². The van der Waals surface area contributed by atoms with Gasteiger partial charge in [0.2, 0.25) is 5.95 Å². The Morgan fingerprint density at radius 1 is 1.13 bits per heavy atom. The molecule has 2 aromatic rings. The maximum Gasteiger partial charge on any atom is 0.407 e. The number of amides is 1. The summed E-state index contributed by atoms with van der Waals surface area (Å²) >= 11 is 4.21. The molecule has 0 aromatic carbocycles. The number of carbonyl (C=O) groups excluding carboxylic acids is 1. The summed E-state index contributed by atoms with van der Waals surface area (Å²) in [5, 5.41) is 5.81. The van der Waals surface area contributed by atoms with Crippen molar-refractivity contribution in [3.05, 3.63) is 36.3 Å². The Hall–Kier alpha value is -2.39. The Balaban J connectivity index is 0.000000735. The predicted octanol–water partition coefficient (Wildman–Crippen LogP) is 4.03. The molecule has 1 aliphatic rings. The summed E-state index contributed by atoms with van der Waals surface area (Å²) in [5.74, 6) is 1.47. The van der Waals surface area contributed by atoms with Gasteiger partial charge >= 0.3 is 6.09 Å². The fourth-order valence-corrected chi connectivity index (χ4v) is 3.09. The quantitative estimate of drug-likeness (QED) is 0.527. The molecule has 8 nitrogen and oxygen atoms in total. The number of alkyl carbamates (subject to hydrolysis) is 1. The van der Waals surface area contributed by atoms with E-state index in [1.165, 1.54) is 0 Å². The third kappa shape index (κ3) is 8.54. The molecular formula is C21H32N6O2S. The van der Waals surface area contributed by atoms with E-state index in [9.17, 15) is 4.79 Å². The van der Waals surface area contributed by atoms with Gasteiger partial charge in [0.25, 0.3) is 0 Å². The van der Waals surface area contributed by atoms with E-state index in [0.29, 0.717) is 23.7 Å². The molecule has 4 N–H and O–H groups in total. The predicted molar refractivity (Wildman–Crippen MR) is 121 cm³/mol. The smallest absolute Gasteiger partial charge is 0.407 e. The van der Waals surface area contributed by atoms with Gasteiger partial charge in [-0.1, -0.05) is 13.8 Å². The minimum atomic E-state index is -0.346. The number of hydrogen-bond acceptors (Lipinski definition) is 8. The maximum atomic E-state index is 11.7. The molecular weight excluding hydrogens is 400 g/mol. The second kappa shape index (κ2) is 11.7. The molecule has 0 spiro atoms. The van der Waals surface area contributed by atoms with Gasteiger partial charge in [-0.05, 0) is 62.8 Å². The topological polar surface area (TPSA) is 115 Å². The lowest BCUT2D eigenvalue weighted by Crippen LogP contribution is -2.33. The number of nitrogens with zero attached hydrogens (tertiary/aromatic N) is 3. The highest BCUT2D eigenvalue weighted by Crippen LogP contribution is 2.35. The van der Waals surface area contributed by atoms with Crippen LogP contribution in [0.1, 0.15) is 58.4 Å². The Morgan fingerprint density at radius 2 is 1.80 bits per heavy atom. The van der Waals surface area contributed by atoms with Crippen molar-refractivity contribution >= 4 is 30.5 Å². The summed E-state index contributed by atoms with van der Waals surface area (Å²) in [7, 11) is 0. The third-order valence-corrected chi connectivity index (χ3v) is 4.46. The second-order valence-corrected chi connectivity index (χ2v) is 8.46. The van der Waals surface area contributed by atoms with Crippen molar-refractivity contribution in [2.75, 3.05) is 5.32 Å². The normalized spacial score (nSPS) is 18.0. The van der Waals surface area contributed by atoms with E-state index in [1.807, 2.05) is 52.2 Å². The molecule has 1 fully saturated rings. The molecule has 0 bridgehead atoms. The summed E-state index contributed by atoms with van der Waals surface area (Å²) in [6.45, 7) is 7.71. The number of thiol groups is 1. The van der Waals surface area contributed by atoms with Crippen LogP contribution in [0.5, 0.6) is 0 Å². The first-order valence-electron chi connectivity index (χ1n) is 10.2. The van der Waals surface area contributed by atoms with E-state index in [2.05, 4.69) is 38.2 Å². The zero-order chi connectivity index (χ0) is 22.1. The number of nitrogens with two attached hydrogens (primary N) is 1. The number of carbonyl (C=O) groups is 1. The fraction of sp³-hybridized carbons (Fsp3) is 0.524. The molecule has 3 rings (SSSR count). The summed E-state index contributed by atoms with van der Waals surface area (Å²) in [6, 6.07) is 4.08. The molecule has 164 valence electrons. The number of nitrogens with one attached hydrogen (secondary N) is 2. The summed E-state index contributed by atoms with van der Waals surface area (Å²) < 4.78 is 5.47. The van der Waals surface area contributed by atoms with Crippen molar-refractivity contribution in [2.45, 2.75) is 76.0 Å². The molecule has 0 radical (unpaired) electrons. The zero-order valence-corrected chi connectivity index (χ0v) is 18.9. The molecule has 2 unspecified atom stereocenters. The highest BCUT2D eigenvalue weighted by atomic mass is 32.1. The van der Waals surface area contributed by atoms with Crippen LogP contribution in [0, 0.1) is 0 Å². The monoisotopic (exact) mass is 432 g/mol. The number of anilines is 2. The number of rotatable bonds is 5. The van der Waals surface area contributed by atoms with Gasteiger partial charge in [0.05, 0.1) is 0 Å². The van der Waals surface area contributed by atoms with E-state index in [4.69, 9.17) is 10.5 Å². The van der Waals surface area contributed by atoms with Crippen molar-refractivity contribution in [1.82, 2.24) is 20.3 Å². The van der Waals surface area contributed by atoms with Crippen LogP contribution in [0.2, 0.25) is 0 Å². The minimum Gasteiger partial charge on any atom is -0.446 e. The third-order valence-electron chi connectivity index (χ3n) is 4.20. The van der Waals surface area contributed by atoms with Gasteiger partial charge in [-0.15, -0.1) is 12.6 Å². The van der Waals surface area contributed by atoms with Crippen LogP contribution in [0.15, 0.2) is 35.6 Å². The number of ether oxygens (including phenoxy) is 1. The zero-order valence-electron chi connectivity index (χ0n) is 18.0. The van der Waals surface area contributed by atoms with Crippen molar-refractivity contribution in [3.63, 3.8) is 0 Å². The minimum absolute atomic E-state index is 0.0551. The SMILES string of the molecule is CC(C)N.CC(C)NC(=O)OC1CCC(c2cnc(Nc3ccc(S)cn3)nc2)C1. The van der Waals surface area contributed by atoms with Gasteiger partial charge in [0, 0.05) is 29.5 Å². The van der Waals surface area contributed by atoms with Gasteiger partial charge in [0.15, 0.2) is 0 Å². The largest absolute Gasteiger partial charge is 0.446 e. The van der Waals surface area contributed by atoms with Crippen LogP contribution < -0.4 is 16.4 Å². The van der Waals surface area contributed by atoms with E-state index in [0.717, 1.165) is 29.7 Å². The standard InChI is InChI=1S/C18H23N5O2S.C3H9N/c1-11(2)22-18(24)25-14-4-3-12(7-14)13-8-20-17(21-9-13)23-16-6-5-15(26)10-19-16;1-3(2)4/h5-6,8-12,14,26H,3-4,7H2,1-2H3,(H,22,24)(H,19,20,21,23);3H,4H2,1-2H3. The number of hydrogen-bond donors (Lipinski definition) is 4. The fourth-order valence-electron chi connectivity index (χ4n) is 2.96. The summed E-state index contributed by atoms with van der Waals surface area (Å²) in [6.07, 6.45) is 7.52. The molecule has 2 atom stereocenters. The van der Waals surface area contributed by atoms with E-state index >= 15 is 0 Å². The average Bonchev–Trinajstić information content (AvgIpc) is 3.11. The van der Waals surface area contributed by atoms with Crippen LogP contribution in [-0.2, 0) is 4.74 Å². The molecule has 0 saturated heterocycles. The molecule has 0 aliphatic heterocycles. The summed E-state index contributed by atoms with van der Waals surface area (Å²) in [5.41, 5.74) is 6.17. The van der Waals surface area contributed by atoms with Crippen LogP contribution in [0.25, 0.3) is 0 Å². The average molecular weight is 433 g/mol. The lowest BCUT2D eigenvalue weighted by atomic mass is 10.0. The number of aromatic nitrogens is 3. The van der Waals surface area contributed by atoms with Crippen molar-refractivity contribution < 1.29 is 9.53 Å². The van der Waals surface area contributed by atoms with Crippen LogP contribution in [0.4, 0.5) is 16.6 Å². The highest BCUT2D eigenvalue weighted by Gasteiger charge is 2.29. The lowest BCUT2D eigenvalue weighted by molar-refractivity contribution is 0.0982. The second-order valence-electron chi connectivity index (χ2n) is 7.95. The van der Waals surface area contributed by atoms with Gasteiger partial charge in [-0.3, -0.25) is 0 Å². The van der Waals surface area contributed by atoms with Crippen molar-refractivity contribution in [1.29, 1.82) is 0 Å². The highest BCUT2D eigenvalue weighted by molar-refractivity contribution is 7.80. The van der Waals surface area contributed by atoms with Gasteiger partial charge in [-0.2, -0.15) is 0 Å². The van der Waals surface area contributed by atoms with Crippen molar-refractivity contribution in [3.8, 4) is 0 Å². The van der Waals surface area contributed by atoms with Crippen molar-refractivity contribution in [2.24, 2.45) is 5.73 Å². The van der Waals surface area contributed by atoms with Crippen LogP contribution in [0.3, 0.4) is 0 Å². The van der Waals surface area contributed by atoms with Gasteiger partial charge in [0.1, 0.15) is 11.9 Å². The van der Waals surface area contributed by atoms with Gasteiger partial charge < -0.3 is 21.1 Å². The van der Waals surface area contributed by atoms with E-state index in [1.54, 1.807) is 6.20 Å². The summed E-state index contributed by atoms with van der Waals surface area (Å²) in [4.78, 5) is 25.5. The van der Waals surface area contributed by atoms with E-state index in [-0.39, 0.29) is 18.2 Å². The molecule has 1 aliphatic carbocycles. The molecule has 1 amide bonds. The van der Waals surface area contributed by atoms with Gasteiger partial charge in [-0.25, -0.2) is 19.7 Å². The molecule has 2 aromatic heterocycles. The Morgan fingerprint density at radius 3 is 2.37 bits per heavy atom. The first kappa shape index (κ1) is 23.9. The Bertz CT molecular complexity index is 780. The molecule has 1 saturated carbocycles. The first-order valence-corrected chi connectivity index (χ1v) is 10.6. The molecule has 2 heterocycles.